The van der Waals surface area contributed by atoms with E-state index in [0.29, 0.717) is 0 Å². The van der Waals surface area contributed by atoms with Crippen molar-refractivity contribution in [1.29, 1.82) is 0 Å². The third kappa shape index (κ3) is 6.29. The molecule has 356 valence electrons. The average Bonchev–Trinajstić information content (AvgIpc) is 3.14. The minimum absolute atomic E-state index is 0. The van der Waals surface area contributed by atoms with E-state index >= 15 is 26.3 Å². The molecule has 4 fully saturated rings. The molecule has 0 aromatic carbocycles. The van der Waals surface area contributed by atoms with Gasteiger partial charge in [0.05, 0.1) is 12.8 Å². The van der Waals surface area contributed by atoms with Crippen LogP contribution in [-0.2, 0) is 38.1 Å². The zero-order chi connectivity index (χ0) is 47.2. The fraction of sp³-hybridized carbons (Fsp3) is 0.625. The molecule has 8 unspecified atom stereocenters. The summed E-state index contributed by atoms with van der Waals surface area (Å²) in [5.41, 5.74) is -30.5. The van der Waals surface area contributed by atoms with Crippen LogP contribution >= 0.6 is 0 Å². The summed E-state index contributed by atoms with van der Waals surface area (Å²) in [4.78, 5) is 45.5. The highest BCUT2D eigenvalue weighted by Crippen LogP contribution is 2.74. The van der Waals surface area contributed by atoms with Crippen LogP contribution in [0.15, 0.2) is 50.6 Å². The number of ether oxygens (including phenoxy) is 4. The van der Waals surface area contributed by atoms with Crippen LogP contribution in [-0.4, -0.2) is 133 Å². The van der Waals surface area contributed by atoms with E-state index in [1.807, 2.05) is 0 Å². The Labute approximate surface area is 332 Å². The molecule has 4 aliphatic rings. The Hall–Kier alpha value is -4.61. The van der Waals surface area contributed by atoms with Gasteiger partial charge in [-0.15, -0.1) is 0 Å². The third-order valence-electron chi connectivity index (χ3n) is 10.4. The normalized spacial score (nSPS) is 39.4. The average molecular weight is 951 g/mol. The Kier molecular flexibility index (Phi) is 13.9. The Morgan fingerprint density at radius 1 is 0.468 bits per heavy atom. The summed E-state index contributed by atoms with van der Waals surface area (Å²) >= 11 is 0. The molecule has 0 aliphatic heterocycles. The van der Waals surface area contributed by atoms with Crippen LogP contribution in [0.5, 0.6) is 0 Å². The van der Waals surface area contributed by atoms with Crippen molar-refractivity contribution in [3.8, 4) is 0 Å². The minimum Gasteiger partial charge on any atom is -0.449 e. The zero-order valence-corrected chi connectivity index (χ0v) is 30.2. The topological polar surface area (TPSA) is 166 Å². The predicted octanol–water partition coefficient (Wildman–Crippen LogP) is 5.27. The van der Waals surface area contributed by atoms with Crippen LogP contribution in [0.3, 0.4) is 0 Å². The summed E-state index contributed by atoms with van der Waals surface area (Å²) in [6.45, 7) is 5.34. The van der Waals surface area contributed by atoms with E-state index in [2.05, 4.69) is 45.3 Å². The van der Waals surface area contributed by atoms with Gasteiger partial charge >= 0.3 is 71.1 Å². The number of alkyl halides is 17. The number of halogens is 19. The van der Waals surface area contributed by atoms with E-state index in [1.54, 1.807) is 0 Å². The van der Waals surface area contributed by atoms with Crippen LogP contribution in [0.1, 0.15) is 25.7 Å². The van der Waals surface area contributed by atoms with Crippen molar-refractivity contribution in [2.75, 3.05) is 13.3 Å². The van der Waals surface area contributed by atoms with E-state index in [-0.39, 0.29) is 33.7 Å². The maximum absolute atomic E-state index is 15.1. The van der Waals surface area contributed by atoms with E-state index in [1.165, 1.54) is 0 Å². The van der Waals surface area contributed by atoms with Crippen molar-refractivity contribution >= 4 is 23.9 Å². The Bertz CT molecular complexity index is 1830. The third-order valence-corrected chi connectivity index (χ3v) is 10.4. The van der Waals surface area contributed by atoms with Gasteiger partial charge in [-0.3, -0.25) is 9.41 Å². The predicted molar refractivity (Wildman–Crippen MR) is 162 cm³/mol. The van der Waals surface area contributed by atoms with Crippen molar-refractivity contribution in [3.05, 3.63) is 50.6 Å². The highest BCUT2D eigenvalue weighted by molar-refractivity contribution is 5.83. The van der Waals surface area contributed by atoms with Crippen molar-refractivity contribution < 1.29 is 137 Å². The van der Waals surface area contributed by atoms with Crippen molar-refractivity contribution in [2.24, 2.45) is 0 Å². The van der Waals surface area contributed by atoms with Crippen molar-refractivity contribution in [3.63, 3.8) is 0 Å². The van der Waals surface area contributed by atoms with E-state index in [0.717, 1.165) is 0 Å². The highest BCUT2D eigenvalue weighted by atomic mass is 19.3. The maximum Gasteiger partial charge on any atom is 0.361 e. The lowest BCUT2D eigenvalue weighted by atomic mass is 9.53. The molecule has 30 heteroatoms. The van der Waals surface area contributed by atoms with Gasteiger partial charge in [0.15, 0.2) is 11.2 Å². The first-order valence-corrected chi connectivity index (χ1v) is 15.8. The van der Waals surface area contributed by atoms with Gasteiger partial charge in [0.25, 0.3) is 11.2 Å². The van der Waals surface area contributed by atoms with Gasteiger partial charge in [0.1, 0.15) is 13.3 Å². The molecule has 11 nitrogen and oxygen atoms in total. The number of aliphatic hydroxyl groups is 3. The molecule has 0 amide bonds. The van der Waals surface area contributed by atoms with Crippen LogP contribution in [0.4, 0.5) is 84.0 Å². The molecular weight excluding hydrogens is 921 g/mol. The Balaban J connectivity index is 0.000000601. The van der Waals surface area contributed by atoms with Crippen LogP contribution in [0.2, 0.25) is 0 Å². The molecule has 4 aliphatic carbocycles. The first-order valence-electron chi connectivity index (χ1n) is 15.8. The standard InChI is InChI=1S/C16H13F9O5.C16H14F8O6.2FH/c1-3-8(26)29-11-5-10(18,7-17)14(20,21)13(28,15(11,22)23)16(24,25)12(19,6-11)30-9(27)4-2;1-3-8(25)29-12-5-10(27,7-17)14(19,20)11(28,15(12,21)22)6-13(18,16(12,23)24)30-9(26)4-2;;/h3-4,28H,1-2,5-7H2;3-4,27-28H,1-2,5-7H2;2*1H. The SMILES string of the molecule is C=CC(=O)OC1(F)CC2(O)C(F)(F)C(O)(CF)CC(OC(=O)C=C)(C1(F)F)C2(F)F.C=CC(=O)OC1(F)CC2(OC(=O)C=C)CC(F)(CF)C(F)(F)C(O)(C1(F)F)C2(F)F.F.F. The van der Waals surface area contributed by atoms with Gasteiger partial charge in [-0.1, -0.05) is 26.3 Å². The Morgan fingerprint density at radius 3 is 1.24 bits per heavy atom. The quantitative estimate of drug-likeness (QED) is 0.113. The van der Waals surface area contributed by atoms with Crippen LogP contribution < -0.4 is 0 Å². The highest BCUT2D eigenvalue weighted by Gasteiger charge is 3.01. The van der Waals surface area contributed by atoms with Gasteiger partial charge in [0.2, 0.25) is 11.3 Å². The second kappa shape index (κ2) is 15.6. The molecule has 4 rings (SSSR count). The number of hydrogen-bond acceptors (Lipinski definition) is 11. The van der Waals surface area contributed by atoms with Crippen molar-refractivity contribution in [2.45, 2.75) is 107 Å². The van der Waals surface area contributed by atoms with Gasteiger partial charge in [0, 0.05) is 37.1 Å². The summed E-state index contributed by atoms with van der Waals surface area (Å²) in [6.07, 6.45) is -10.8. The van der Waals surface area contributed by atoms with Gasteiger partial charge < -0.3 is 34.3 Å². The number of hydrogen-bond donors (Lipinski definition) is 3. The second-order valence-corrected chi connectivity index (χ2v) is 13.8. The molecule has 0 saturated heterocycles. The number of rotatable bonds is 10. The summed E-state index contributed by atoms with van der Waals surface area (Å²) in [5.74, 6) is -54.8. The molecule has 0 aromatic rings. The van der Waals surface area contributed by atoms with E-state index in [9.17, 15) is 82.8 Å². The summed E-state index contributed by atoms with van der Waals surface area (Å²) in [5, 5.41) is 29.9. The molecule has 0 heterocycles. The number of esters is 4. The lowest BCUT2D eigenvalue weighted by Crippen LogP contribution is -2.92. The fourth-order valence-electron chi connectivity index (χ4n) is 7.28. The van der Waals surface area contributed by atoms with Crippen molar-refractivity contribution in [1.82, 2.24) is 0 Å². The first-order chi connectivity index (χ1) is 26.8. The molecule has 62 heavy (non-hydrogen) atoms. The lowest BCUT2D eigenvalue weighted by molar-refractivity contribution is -0.499. The van der Waals surface area contributed by atoms with Crippen LogP contribution in [0, 0.1) is 0 Å². The number of fused-ring (bicyclic) bond motifs is 4. The maximum atomic E-state index is 15.1. The molecule has 4 bridgehead atoms. The molecule has 8 atom stereocenters. The molecule has 3 N–H and O–H groups in total. The monoisotopic (exact) mass is 950 g/mol. The van der Waals surface area contributed by atoms with E-state index < -0.39 is 144 Å². The largest absolute Gasteiger partial charge is 0.449 e. The zero-order valence-electron chi connectivity index (χ0n) is 30.2. The summed E-state index contributed by atoms with van der Waals surface area (Å²) in [6, 6.07) is 0. The van der Waals surface area contributed by atoms with Gasteiger partial charge in [-0.05, 0) is 0 Å². The number of carbonyl (C=O) groups is 4. The second-order valence-electron chi connectivity index (χ2n) is 13.8. The molecule has 4 saturated carbocycles. The lowest BCUT2D eigenvalue weighted by Gasteiger charge is -2.64. The number of carbonyl (C=O) groups excluding carboxylic acids is 4. The molecule has 0 radical (unpaired) electrons. The molecular formula is C32H29F19O11. The molecule has 0 spiro atoms. The summed E-state index contributed by atoms with van der Waals surface area (Å²) < 4.78 is 265. The smallest absolute Gasteiger partial charge is 0.361 e. The fourth-order valence-corrected chi connectivity index (χ4v) is 7.28. The first kappa shape index (κ1) is 55.4. The van der Waals surface area contributed by atoms with Gasteiger partial charge in [-0.2, -0.15) is 61.5 Å². The van der Waals surface area contributed by atoms with Crippen LogP contribution in [0.25, 0.3) is 0 Å². The minimum atomic E-state index is -6.44. The Morgan fingerprint density at radius 2 is 0.855 bits per heavy atom. The molecule has 0 aromatic heterocycles. The van der Waals surface area contributed by atoms with E-state index in [4.69, 9.17) is 0 Å². The van der Waals surface area contributed by atoms with Gasteiger partial charge in [-0.25, -0.2) is 32.3 Å². The summed E-state index contributed by atoms with van der Waals surface area (Å²) in [7, 11) is 0.